The first-order valence-corrected chi connectivity index (χ1v) is 18.0. The number of imide groups is 1. The number of carbonyl (C=O) groups excluding carboxylic acids is 3. The lowest BCUT2D eigenvalue weighted by Gasteiger charge is -2.38. The van der Waals surface area contributed by atoms with E-state index < -0.39 is 57.4 Å². The normalized spacial score (nSPS) is 15.6. The van der Waals surface area contributed by atoms with E-state index in [9.17, 15) is 31.9 Å². The molecule has 1 unspecified atom stereocenters. The van der Waals surface area contributed by atoms with Gasteiger partial charge in [0.1, 0.15) is 23.3 Å². The Kier molecular flexibility index (Phi) is 11.0. The Morgan fingerprint density at radius 2 is 1.34 bits per heavy atom. The molecule has 0 fully saturated rings. The van der Waals surface area contributed by atoms with Crippen molar-refractivity contribution in [2.24, 2.45) is 0 Å². The number of hydrogen-bond donors (Lipinski definition) is 1. The van der Waals surface area contributed by atoms with Crippen molar-refractivity contribution in [1.82, 2.24) is 15.1 Å². The standard InChI is InChI=1S/C44H37F4N3O5/c1-55-37-21-29-17-20-50(41(27-7-4-3-5-8-27)34(29)24-38(37)56-2)19-6-18-49-42(52)28-11-9-26(10-12-28)25-51-43(53)39(32-15-13-30(45)22-35(32)47)40(44(51)54)33-16-14-31(46)23-36(33)48/h3-5,7-16,21-24,41H,6,17-20,25H2,1-2H3,(H,49,52). The molecule has 0 bridgehead atoms. The van der Waals surface area contributed by atoms with E-state index in [1.165, 1.54) is 5.56 Å². The minimum Gasteiger partial charge on any atom is -0.493 e. The summed E-state index contributed by atoms with van der Waals surface area (Å²) in [4.78, 5) is 43.7. The van der Waals surface area contributed by atoms with Crippen LogP contribution in [0.15, 0.2) is 103 Å². The molecule has 0 aliphatic carbocycles. The van der Waals surface area contributed by atoms with Crippen LogP contribution in [-0.2, 0) is 22.6 Å². The van der Waals surface area contributed by atoms with Crippen molar-refractivity contribution in [3.05, 3.63) is 165 Å². The molecular formula is C44H37F4N3O5. The summed E-state index contributed by atoms with van der Waals surface area (Å²) in [5, 5.41) is 2.97. The van der Waals surface area contributed by atoms with Gasteiger partial charge in [-0.25, -0.2) is 17.6 Å². The van der Waals surface area contributed by atoms with Crippen LogP contribution in [0.5, 0.6) is 11.5 Å². The second-order valence-corrected chi connectivity index (χ2v) is 13.5. The largest absolute Gasteiger partial charge is 0.493 e. The molecule has 0 radical (unpaired) electrons. The quantitative estimate of drug-likeness (QED) is 0.0805. The van der Waals surface area contributed by atoms with Crippen LogP contribution in [0.2, 0.25) is 0 Å². The maximum atomic E-state index is 15.0. The summed E-state index contributed by atoms with van der Waals surface area (Å²) in [5.74, 6) is -4.90. The molecular weight excluding hydrogens is 726 g/mol. The fourth-order valence-corrected chi connectivity index (χ4v) is 7.40. The zero-order chi connectivity index (χ0) is 39.5. The van der Waals surface area contributed by atoms with Gasteiger partial charge in [-0.05, 0) is 83.6 Å². The maximum absolute atomic E-state index is 15.0. The zero-order valence-corrected chi connectivity index (χ0v) is 30.6. The van der Waals surface area contributed by atoms with E-state index in [0.29, 0.717) is 54.3 Å². The highest BCUT2D eigenvalue weighted by Gasteiger charge is 2.41. The molecule has 5 aromatic carbocycles. The molecule has 5 aromatic rings. The third-order valence-corrected chi connectivity index (χ3v) is 10.1. The molecule has 1 N–H and O–H groups in total. The van der Waals surface area contributed by atoms with Crippen molar-refractivity contribution in [3.8, 4) is 11.5 Å². The predicted molar refractivity (Wildman–Crippen MR) is 202 cm³/mol. The Labute approximate surface area is 321 Å². The third kappa shape index (κ3) is 7.52. The van der Waals surface area contributed by atoms with Crippen LogP contribution in [0.3, 0.4) is 0 Å². The van der Waals surface area contributed by atoms with Gasteiger partial charge in [-0.1, -0.05) is 42.5 Å². The lowest BCUT2D eigenvalue weighted by atomic mass is 9.87. The molecule has 0 aromatic heterocycles. The molecule has 12 heteroatoms. The average Bonchev–Trinajstić information content (AvgIpc) is 3.43. The van der Waals surface area contributed by atoms with Crippen LogP contribution >= 0.6 is 0 Å². The molecule has 7 rings (SSSR count). The Morgan fingerprint density at radius 1 is 0.750 bits per heavy atom. The zero-order valence-electron chi connectivity index (χ0n) is 30.6. The van der Waals surface area contributed by atoms with Gasteiger partial charge in [0.05, 0.1) is 38.0 Å². The number of amides is 3. The number of rotatable bonds is 12. The topological polar surface area (TPSA) is 88.2 Å². The van der Waals surface area contributed by atoms with Crippen molar-refractivity contribution in [3.63, 3.8) is 0 Å². The van der Waals surface area contributed by atoms with Gasteiger partial charge in [-0.15, -0.1) is 0 Å². The van der Waals surface area contributed by atoms with E-state index in [2.05, 4.69) is 22.3 Å². The van der Waals surface area contributed by atoms with Gasteiger partial charge in [-0.3, -0.25) is 24.2 Å². The molecule has 2 heterocycles. The number of methoxy groups -OCH3 is 2. The number of benzene rings is 5. The molecule has 0 saturated heterocycles. The molecule has 2 aliphatic rings. The molecule has 3 amide bonds. The van der Waals surface area contributed by atoms with Crippen molar-refractivity contribution in [1.29, 1.82) is 0 Å². The molecule has 286 valence electrons. The van der Waals surface area contributed by atoms with Gasteiger partial charge in [0, 0.05) is 48.5 Å². The van der Waals surface area contributed by atoms with Gasteiger partial charge >= 0.3 is 0 Å². The van der Waals surface area contributed by atoms with Crippen molar-refractivity contribution in [2.75, 3.05) is 33.9 Å². The van der Waals surface area contributed by atoms with Crippen LogP contribution in [-0.4, -0.2) is 61.4 Å². The number of hydrogen-bond acceptors (Lipinski definition) is 6. The van der Waals surface area contributed by atoms with Crippen molar-refractivity contribution in [2.45, 2.75) is 25.4 Å². The first-order chi connectivity index (χ1) is 27.1. The highest BCUT2D eigenvalue weighted by molar-refractivity contribution is 6.49. The second-order valence-electron chi connectivity index (χ2n) is 13.5. The van der Waals surface area contributed by atoms with E-state index in [1.807, 2.05) is 30.3 Å². The summed E-state index contributed by atoms with van der Waals surface area (Å²) in [6.07, 6.45) is 1.51. The van der Waals surface area contributed by atoms with Crippen molar-refractivity contribution < 1.29 is 41.4 Å². The minimum absolute atomic E-state index is 0.0100. The first kappa shape index (κ1) is 38.0. The summed E-state index contributed by atoms with van der Waals surface area (Å²) in [6, 6.07) is 25.5. The summed E-state index contributed by atoms with van der Waals surface area (Å²) >= 11 is 0. The van der Waals surface area contributed by atoms with Gasteiger partial charge in [0.25, 0.3) is 17.7 Å². The predicted octanol–water partition coefficient (Wildman–Crippen LogP) is 7.51. The summed E-state index contributed by atoms with van der Waals surface area (Å²) in [6.45, 7) is 1.64. The maximum Gasteiger partial charge on any atom is 0.262 e. The highest BCUT2D eigenvalue weighted by atomic mass is 19.1. The van der Waals surface area contributed by atoms with Gasteiger partial charge in [0.15, 0.2) is 11.5 Å². The van der Waals surface area contributed by atoms with Crippen LogP contribution < -0.4 is 14.8 Å². The molecule has 0 saturated carbocycles. The number of halogens is 4. The lowest BCUT2D eigenvalue weighted by molar-refractivity contribution is -0.136. The Bertz CT molecular complexity index is 2280. The van der Waals surface area contributed by atoms with E-state index in [0.717, 1.165) is 53.3 Å². The Morgan fingerprint density at radius 3 is 1.91 bits per heavy atom. The van der Waals surface area contributed by atoms with E-state index in [1.54, 1.807) is 38.5 Å². The fraction of sp³-hybridized carbons (Fsp3) is 0.205. The monoisotopic (exact) mass is 763 g/mol. The molecule has 8 nitrogen and oxygen atoms in total. The fourth-order valence-electron chi connectivity index (χ4n) is 7.40. The van der Waals surface area contributed by atoms with Gasteiger partial charge in [0.2, 0.25) is 0 Å². The number of carbonyl (C=O) groups is 3. The van der Waals surface area contributed by atoms with Crippen molar-refractivity contribution >= 4 is 28.9 Å². The van der Waals surface area contributed by atoms with Crippen LogP contribution in [0.4, 0.5) is 17.6 Å². The Hall–Kier alpha value is -6.27. The lowest BCUT2D eigenvalue weighted by Crippen LogP contribution is -2.38. The van der Waals surface area contributed by atoms with Gasteiger partial charge < -0.3 is 14.8 Å². The van der Waals surface area contributed by atoms with Crippen LogP contribution in [0, 0.1) is 23.3 Å². The average molecular weight is 764 g/mol. The molecule has 2 aliphatic heterocycles. The number of fused-ring (bicyclic) bond motifs is 1. The second kappa shape index (κ2) is 16.2. The molecule has 0 spiro atoms. The number of nitrogens with one attached hydrogen (secondary N) is 1. The Balaban J connectivity index is 1.01. The van der Waals surface area contributed by atoms with Crippen LogP contribution in [0.25, 0.3) is 11.1 Å². The van der Waals surface area contributed by atoms with E-state index in [4.69, 9.17) is 9.47 Å². The highest BCUT2D eigenvalue weighted by Crippen LogP contribution is 2.41. The minimum atomic E-state index is -1.13. The number of nitrogens with zero attached hydrogens (tertiary/aromatic N) is 2. The summed E-state index contributed by atoms with van der Waals surface area (Å²) in [5.41, 5.74) is 2.54. The molecule has 56 heavy (non-hydrogen) atoms. The summed E-state index contributed by atoms with van der Waals surface area (Å²) < 4.78 is 68.6. The third-order valence-electron chi connectivity index (χ3n) is 10.1. The van der Waals surface area contributed by atoms with E-state index in [-0.39, 0.29) is 18.5 Å². The first-order valence-electron chi connectivity index (χ1n) is 18.0. The number of ether oxygens (including phenoxy) is 2. The smallest absolute Gasteiger partial charge is 0.262 e. The van der Waals surface area contributed by atoms with Crippen LogP contribution in [0.1, 0.15) is 56.2 Å². The summed E-state index contributed by atoms with van der Waals surface area (Å²) in [7, 11) is 3.25. The SMILES string of the molecule is COc1cc2c(cc1OC)C(c1ccccc1)N(CCCNC(=O)c1ccc(CN3C(=O)C(c4ccc(F)cc4F)=C(c4ccc(F)cc4F)C3=O)cc1)CC2. The van der Waals surface area contributed by atoms with Gasteiger partial charge in [-0.2, -0.15) is 0 Å². The molecule has 1 atom stereocenters. The van der Waals surface area contributed by atoms with E-state index >= 15 is 0 Å².